The second-order valence-corrected chi connectivity index (χ2v) is 4.73. The molecule has 0 aromatic carbocycles. The van der Waals surface area contributed by atoms with Crippen molar-refractivity contribution >= 4 is 11.7 Å². The molecule has 0 radical (unpaired) electrons. The number of anilines is 1. The monoisotopic (exact) mass is 248 g/mol. The van der Waals surface area contributed by atoms with E-state index in [-0.39, 0.29) is 5.84 Å². The first-order chi connectivity index (χ1) is 8.74. The first kappa shape index (κ1) is 12.7. The quantitative estimate of drug-likeness (QED) is 0.370. The fourth-order valence-corrected chi connectivity index (χ4v) is 2.35. The Labute approximate surface area is 107 Å². The van der Waals surface area contributed by atoms with Gasteiger partial charge in [0, 0.05) is 24.8 Å². The molecule has 98 valence electrons. The smallest absolute Gasteiger partial charge is 0.171 e. The minimum absolute atomic E-state index is 0.0961. The van der Waals surface area contributed by atoms with E-state index in [2.05, 4.69) is 22.0 Å². The number of nitrogens with two attached hydrogens (primary N) is 1. The molecule has 0 unspecified atom stereocenters. The van der Waals surface area contributed by atoms with Gasteiger partial charge in [-0.25, -0.2) is 4.98 Å². The van der Waals surface area contributed by atoms with Crippen molar-refractivity contribution in [3.63, 3.8) is 0 Å². The molecule has 0 saturated carbocycles. The summed E-state index contributed by atoms with van der Waals surface area (Å²) in [7, 11) is 0. The van der Waals surface area contributed by atoms with Crippen LogP contribution >= 0.6 is 0 Å². The summed E-state index contributed by atoms with van der Waals surface area (Å²) >= 11 is 0. The van der Waals surface area contributed by atoms with Crippen LogP contribution in [0.25, 0.3) is 0 Å². The highest BCUT2D eigenvalue weighted by Crippen LogP contribution is 2.23. The Morgan fingerprint density at radius 1 is 1.50 bits per heavy atom. The maximum Gasteiger partial charge on any atom is 0.171 e. The van der Waals surface area contributed by atoms with E-state index >= 15 is 0 Å². The summed E-state index contributed by atoms with van der Waals surface area (Å²) in [6.45, 7) is 4.38. The Bertz CT molecular complexity index is 408. The molecule has 2 heterocycles. The fourth-order valence-electron chi connectivity index (χ4n) is 2.35. The number of oxime groups is 1. The van der Waals surface area contributed by atoms with Crippen LogP contribution in [-0.4, -0.2) is 29.1 Å². The van der Waals surface area contributed by atoms with Gasteiger partial charge in [0.05, 0.1) is 0 Å². The van der Waals surface area contributed by atoms with Gasteiger partial charge in [0.2, 0.25) is 0 Å². The minimum Gasteiger partial charge on any atom is -0.409 e. The van der Waals surface area contributed by atoms with Crippen LogP contribution < -0.4 is 10.6 Å². The lowest BCUT2D eigenvalue weighted by Crippen LogP contribution is -2.34. The molecule has 18 heavy (non-hydrogen) atoms. The summed E-state index contributed by atoms with van der Waals surface area (Å²) in [4.78, 5) is 6.67. The van der Waals surface area contributed by atoms with Crippen LogP contribution in [0.2, 0.25) is 0 Å². The number of pyridine rings is 1. The normalized spacial score (nSPS) is 18.1. The zero-order valence-electron chi connectivity index (χ0n) is 10.7. The summed E-state index contributed by atoms with van der Waals surface area (Å²) in [6.07, 6.45) is 5.39. The molecular formula is C13H20N4O. The summed E-state index contributed by atoms with van der Waals surface area (Å²) < 4.78 is 0. The van der Waals surface area contributed by atoms with Gasteiger partial charge in [-0.15, -0.1) is 0 Å². The van der Waals surface area contributed by atoms with Crippen molar-refractivity contribution < 1.29 is 5.21 Å². The average Bonchev–Trinajstić information content (AvgIpc) is 2.47. The molecule has 0 bridgehead atoms. The van der Waals surface area contributed by atoms with Crippen LogP contribution in [0.3, 0.4) is 0 Å². The Kier molecular flexibility index (Phi) is 4.02. The first-order valence-corrected chi connectivity index (χ1v) is 6.43. The van der Waals surface area contributed by atoms with E-state index in [0.717, 1.165) is 24.8 Å². The summed E-state index contributed by atoms with van der Waals surface area (Å²) in [5.74, 6) is 1.93. The predicted molar refractivity (Wildman–Crippen MR) is 72.0 cm³/mol. The lowest BCUT2D eigenvalue weighted by atomic mass is 9.94. The third-order valence-electron chi connectivity index (χ3n) is 3.67. The van der Waals surface area contributed by atoms with E-state index in [9.17, 15) is 0 Å². The van der Waals surface area contributed by atoms with Crippen molar-refractivity contribution in [3.05, 3.63) is 23.9 Å². The predicted octanol–water partition coefficient (Wildman–Crippen LogP) is 1.80. The number of nitrogens with zero attached hydrogens (tertiary/aromatic N) is 3. The maximum absolute atomic E-state index is 8.59. The molecule has 0 aliphatic carbocycles. The van der Waals surface area contributed by atoms with Crippen LogP contribution in [0.5, 0.6) is 0 Å². The Morgan fingerprint density at radius 2 is 2.22 bits per heavy atom. The van der Waals surface area contributed by atoms with Crippen molar-refractivity contribution in [2.24, 2.45) is 16.8 Å². The molecule has 1 aliphatic heterocycles. The zero-order valence-corrected chi connectivity index (χ0v) is 10.7. The Hall–Kier alpha value is -1.78. The molecular weight excluding hydrogens is 228 g/mol. The molecule has 1 aliphatic rings. The third kappa shape index (κ3) is 2.72. The molecule has 0 spiro atoms. The van der Waals surface area contributed by atoms with Crippen molar-refractivity contribution in [1.82, 2.24) is 4.98 Å². The molecule has 1 saturated heterocycles. The lowest BCUT2D eigenvalue weighted by molar-refractivity contribution is 0.318. The van der Waals surface area contributed by atoms with Gasteiger partial charge >= 0.3 is 0 Å². The van der Waals surface area contributed by atoms with E-state index in [1.54, 1.807) is 6.20 Å². The number of piperidine rings is 1. The van der Waals surface area contributed by atoms with E-state index < -0.39 is 0 Å². The molecule has 0 amide bonds. The van der Waals surface area contributed by atoms with Gasteiger partial charge in [-0.2, -0.15) is 0 Å². The number of rotatable bonds is 3. The molecule has 5 nitrogen and oxygen atoms in total. The Balaban J connectivity index is 2.02. The van der Waals surface area contributed by atoms with E-state index in [1.165, 1.54) is 19.3 Å². The van der Waals surface area contributed by atoms with Gasteiger partial charge in [-0.1, -0.05) is 18.5 Å². The number of hydrogen-bond donors (Lipinski definition) is 2. The molecule has 0 atom stereocenters. The number of hydrogen-bond acceptors (Lipinski definition) is 4. The second kappa shape index (κ2) is 5.71. The SMILES string of the molecule is CCC1CCN(c2ccc(/C(N)=N/O)cn2)CC1. The minimum atomic E-state index is 0.0961. The van der Waals surface area contributed by atoms with Gasteiger partial charge in [0.15, 0.2) is 5.84 Å². The van der Waals surface area contributed by atoms with Gasteiger partial charge in [-0.3, -0.25) is 0 Å². The average molecular weight is 248 g/mol. The van der Waals surface area contributed by atoms with Crippen molar-refractivity contribution in [3.8, 4) is 0 Å². The molecule has 5 heteroatoms. The van der Waals surface area contributed by atoms with Crippen LogP contribution in [0.1, 0.15) is 31.7 Å². The van der Waals surface area contributed by atoms with Gasteiger partial charge < -0.3 is 15.8 Å². The van der Waals surface area contributed by atoms with Crippen molar-refractivity contribution in [2.45, 2.75) is 26.2 Å². The van der Waals surface area contributed by atoms with E-state index in [1.807, 2.05) is 12.1 Å². The first-order valence-electron chi connectivity index (χ1n) is 6.43. The maximum atomic E-state index is 8.59. The van der Waals surface area contributed by atoms with Gasteiger partial charge in [-0.05, 0) is 30.9 Å². The van der Waals surface area contributed by atoms with Gasteiger partial charge in [0.25, 0.3) is 0 Å². The van der Waals surface area contributed by atoms with E-state index in [4.69, 9.17) is 10.9 Å². The fraction of sp³-hybridized carbons (Fsp3) is 0.538. The van der Waals surface area contributed by atoms with E-state index in [0.29, 0.717) is 5.56 Å². The van der Waals surface area contributed by atoms with Crippen molar-refractivity contribution in [2.75, 3.05) is 18.0 Å². The number of amidine groups is 1. The van der Waals surface area contributed by atoms with Gasteiger partial charge in [0.1, 0.15) is 5.82 Å². The van der Waals surface area contributed by atoms with Crippen LogP contribution in [-0.2, 0) is 0 Å². The molecule has 1 aromatic rings. The Morgan fingerprint density at radius 3 is 2.72 bits per heavy atom. The molecule has 1 fully saturated rings. The highest BCUT2D eigenvalue weighted by molar-refractivity contribution is 5.96. The molecule has 3 N–H and O–H groups in total. The second-order valence-electron chi connectivity index (χ2n) is 4.73. The summed E-state index contributed by atoms with van der Waals surface area (Å²) in [5, 5.41) is 11.6. The standard InChI is InChI=1S/C13H20N4O/c1-2-10-5-7-17(8-6-10)12-4-3-11(9-15-12)13(14)16-18/h3-4,9-10,18H,2,5-8H2,1H3,(H2,14,16). The number of aromatic nitrogens is 1. The topological polar surface area (TPSA) is 74.7 Å². The third-order valence-corrected chi connectivity index (χ3v) is 3.67. The summed E-state index contributed by atoms with van der Waals surface area (Å²) in [6, 6.07) is 3.77. The lowest BCUT2D eigenvalue weighted by Gasteiger charge is -2.32. The summed E-state index contributed by atoms with van der Waals surface area (Å²) in [5.41, 5.74) is 6.15. The molecule has 1 aromatic heterocycles. The van der Waals surface area contributed by atoms with Crippen LogP contribution in [0, 0.1) is 5.92 Å². The van der Waals surface area contributed by atoms with Crippen LogP contribution in [0.15, 0.2) is 23.5 Å². The van der Waals surface area contributed by atoms with Crippen LogP contribution in [0.4, 0.5) is 5.82 Å². The van der Waals surface area contributed by atoms with Crippen molar-refractivity contribution in [1.29, 1.82) is 0 Å². The highest BCUT2D eigenvalue weighted by Gasteiger charge is 2.18. The zero-order chi connectivity index (χ0) is 13.0. The largest absolute Gasteiger partial charge is 0.409 e. The molecule has 2 rings (SSSR count). The highest BCUT2D eigenvalue weighted by atomic mass is 16.4.